The number of imide groups is 1. The number of pyridine rings is 1. The third-order valence-electron chi connectivity index (χ3n) is 6.25. The summed E-state index contributed by atoms with van der Waals surface area (Å²) in [6.45, 7) is 5.45. The zero-order valence-electron chi connectivity index (χ0n) is 19.9. The summed E-state index contributed by atoms with van der Waals surface area (Å²) in [6, 6.07) is 21.3. The van der Waals surface area contributed by atoms with Crippen LogP contribution >= 0.6 is 0 Å². The van der Waals surface area contributed by atoms with Crippen LogP contribution in [0.3, 0.4) is 0 Å². The van der Waals surface area contributed by atoms with Gasteiger partial charge in [-0.15, -0.1) is 0 Å². The van der Waals surface area contributed by atoms with E-state index < -0.39 is 0 Å². The molecule has 5 heteroatoms. The molecule has 1 aromatic heterocycles. The van der Waals surface area contributed by atoms with Crippen molar-refractivity contribution >= 4 is 23.1 Å². The van der Waals surface area contributed by atoms with Crippen LogP contribution in [-0.2, 0) is 22.4 Å². The molecular formula is C29H31N3O2. The molecule has 174 valence electrons. The lowest BCUT2D eigenvalue weighted by atomic mass is 10.0. The van der Waals surface area contributed by atoms with E-state index in [9.17, 15) is 9.59 Å². The number of benzene rings is 2. The van der Waals surface area contributed by atoms with Crippen LogP contribution in [-0.4, -0.2) is 34.8 Å². The molecule has 3 aromatic rings. The SMILES string of the molecule is CCCCc1ccc(N2C(=O)C(c3ccccc3)=C(N(CC)CCc3ccncc3)C2=O)cc1. The van der Waals surface area contributed by atoms with Crippen molar-refractivity contribution in [3.05, 3.63) is 102 Å². The highest BCUT2D eigenvalue weighted by atomic mass is 16.2. The molecule has 0 radical (unpaired) electrons. The summed E-state index contributed by atoms with van der Waals surface area (Å²) in [7, 11) is 0. The van der Waals surface area contributed by atoms with Crippen molar-refractivity contribution in [2.75, 3.05) is 18.0 Å². The van der Waals surface area contributed by atoms with E-state index in [4.69, 9.17) is 0 Å². The smallest absolute Gasteiger partial charge is 0.282 e. The molecule has 0 fully saturated rings. The molecule has 0 spiro atoms. The first-order valence-electron chi connectivity index (χ1n) is 12.0. The minimum Gasteiger partial charge on any atom is -0.366 e. The number of rotatable bonds is 10. The van der Waals surface area contributed by atoms with Gasteiger partial charge >= 0.3 is 0 Å². The number of likely N-dealkylation sites (N-methyl/N-ethyl adjacent to an activating group) is 1. The van der Waals surface area contributed by atoms with Gasteiger partial charge < -0.3 is 4.90 Å². The number of anilines is 1. The number of carbonyl (C=O) groups is 2. The Labute approximate surface area is 201 Å². The Kier molecular flexibility index (Phi) is 7.53. The zero-order valence-corrected chi connectivity index (χ0v) is 19.9. The van der Waals surface area contributed by atoms with E-state index in [1.807, 2.05) is 78.6 Å². The number of hydrogen-bond acceptors (Lipinski definition) is 4. The average molecular weight is 454 g/mol. The molecule has 0 unspecified atom stereocenters. The van der Waals surface area contributed by atoms with Crippen LogP contribution in [0.15, 0.2) is 84.8 Å². The number of carbonyl (C=O) groups excluding carboxylic acids is 2. The van der Waals surface area contributed by atoms with Crippen molar-refractivity contribution in [3.8, 4) is 0 Å². The fraction of sp³-hybridized carbons (Fsp3) is 0.276. The summed E-state index contributed by atoms with van der Waals surface area (Å²) in [4.78, 5) is 34.9. The van der Waals surface area contributed by atoms with Crippen LogP contribution in [0.5, 0.6) is 0 Å². The van der Waals surface area contributed by atoms with E-state index in [2.05, 4.69) is 11.9 Å². The minimum atomic E-state index is -0.269. The average Bonchev–Trinajstić information content (AvgIpc) is 3.14. The van der Waals surface area contributed by atoms with Gasteiger partial charge in [-0.05, 0) is 67.1 Å². The third-order valence-corrected chi connectivity index (χ3v) is 6.25. The Hall–Kier alpha value is -3.73. The van der Waals surface area contributed by atoms with Crippen LogP contribution in [0.2, 0.25) is 0 Å². The molecule has 2 amide bonds. The van der Waals surface area contributed by atoms with E-state index in [-0.39, 0.29) is 11.8 Å². The number of aryl methyl sites for hydroxylation is 1. The summed E-state index contributed by atoms with van der Waals surface area (Å²) >= 11 is 0. The second-order valence-corrected chi connectivity index (χ2v) is 8.49. The number of aromatic nitrogens is 1. The first-order valence-corrected chi connectivity index (χ1v) is 12.0. The van der Waals surface area contributed by atoms with Gasteiger partial charge in [-0.3, -0.25) is 14.6 Å². The summed E-state index contributed by atoms with van der Waals surface area (Å²) in [5, 5.41) is 0. The Balaban J connectivity index is 1.68. The molecule has 0 bridgehead atoms. The summed E-state index contributed by atoms with van der Waals surface area (Å²) in [6.07, 6.45) is 7.55. The van der Waals surface area contributed by atoms with Crippen molar-refractivity contribution in [2.45, 2.75) is 39.5 Å². The Morgan fingerprint density at radius 1 is 0.794 bits per heavy atom. The Bertz CT molecular complexity index is 1150. The van der Waals surface area contributed by atoms with Gasteiger partial charge in [0.25, 0.3) is 11.8 Å². The highest BCUT2D eigenvalue weighted by Crippen LogP contribution is 2.35. The fourth-order valence-electron chi connectivity index (χ4n) is 4.35. The van der Waals surface area contributed by atoms with Gasteiger partial charge in [0.15, 0.2) is 0 Å². The first-order chi connectivity index (χ1) is 16.6. The molecule has 1 aliphatic heterocycles. The number of amides is 2. The minimum absolute atomic E-state index is 0.262. The van der Waals surface area contributed by atoms with Crippen LogP contribution in [0.4, 0.5) is 5.69 Å². The van der Waals surface area contributed by atoms with Crippen molar-refractivity contribution in [1.29, 1.82) is 0 Å². The molecule has 0 N–H and O–H groups in total. The quantitative estimate of drug-likeness (QED) is 0.392. The molecule has 1 aliphatic rings. The van der Waals surface area contributed by atoms with Crippen molar-refractivity contribution in [2.24, 2.45) is 0 Å². The standard InChI is InChI=1S/C29H31N3O2/c1-3-5-9-22-12-14-25(15-13-22)32-28(33)26(24-10-7-6-8-11-24)27(29(32)34)31(4-2)21-18-23-16-19-30-20-17-23/h6-8,10-17,19-20H,3-5,9,18,21H2,1-2H3. The van der Waals surface area contributed by atoms with Gasteiger partial charge in [0.1, 0.15) is 5.70 Å². The molecule has 4 rings (SSSR count). The van der Waals surface area contributed by atoms with E-state index >= 15 is 0 Å². The Morgan fingerprint density at radius 2 is 1.47 bits per heavy atom. The third kappa shape index (κ3) is 4.93. The van der Waals surface area contributed by atoms with Crippen LogP contribution in [0, 0.1) is 0 Å². The van der Waals surface area contributed by atoms with Crippen molar-refractivity contribution in [3.63, 3.8) is 0 Å². The monoisotopic (exact) mass is 453 g/mol. The maximum absolute atomic E-state index is 13.8. The maximum Gasteiger partial charge on any atom is 0.282 e. The molecule has 0 saturated carbocycles. The molecule has 2 aromatic carbocycles. The normalized spacial score (nSPS) is 13.6. The predicted octanol–water partition coefficient (Wildman–Crippen LogP) is 5.27. The van der Waals surface area contributed by atoms with Gasteiger partial charge in [0.2, 0.25) is 0 Å². The van der Waals surface area contributed by atoms with E-state index in [0.29, 0.717) is 30.0 Å². The van der Waals surface area contributed by atoms with E-state index in [1.165, 1.54) is 10.5 Å². The summed E-state index contributed by atoms with van der Waals surface area (Å²) in [5.74, 6) is -0.531. The highest BCUT2D eigenvalue weighted by Gasteiger charge is 2.42. The van der Waals surface area contributed by atoms with Crippen LogP contribution in [0.25, 0.3) is 5.57 Å². The lowest BCUT2D eigenvalue weighted by molar-refractivity contribution is -0.120. The largest absolute Gasteiger partial charge is 0.366 e. The molecule has 0 saturated heterocycles. The van der Waals surface area contributed by atoms with Crippen LogP contribution < -0.4 is 4.90 Å². The van der Waals surface area contributed by atoms with Crippen molar-refractivity contribution in [1.82, 2.24) is 9.88 Å². The lowest BCUT2D eigenvalue weighted by Gasteiger charge is -2.25. The van der Waals surface area contributed by atoms with Gasteiger partial charge in [-0.1, -0.05) is 55.8 Å². The van der Waals surface area contributed by atoms with E-state index in [1.54, 1.807) is 12.4 Å². The second-order valence-electron chi connectivity index (χ2n) is 8.49. The molecule has 34 heavy (non-hydrogen) atoms. The topological polar surface area (TPSA) is 53.5 Å². The van der Waals surface area contributed by atoms with Crippen LogP contribution in [0.1, 0.15) is 43.4 Å². The molecular weight excluding hydrogens is 422 g/mol. The van der Waals surface area contributed by atoms with Gasteiger partial charge in [-0.2, -0.15) is 0 Å². The number of hydrogen-bond donors (Lipinski definition) is 0. The van der Waals surface area contributed by atoms with Gasteiger partial charge in [0.05, 0.1) is 11.3 Å². The highest BCUT2D eigenvalue weighted by molar-refractivity contribution is 6.45. The maximum atomic E-state index is 13.8. The lowest BCUT2D eigenvalue weighted by Crippen LogP contribution is -2.36. The zero-order chi connectivity index (χ0) is 23.9. The second kappa shape index (κ2) is 10.9. The fourth-order valence-corrected chi connectivity index (χ4v) is 4.35. The van der Waals surface area contributed by atoms with Gasteiger partial charge in [0, 0.05) is 25.5 Å². The van der Waals surface area contributed by atoms with Gasteiger partial charge in [-0.25, -0.2) is 4.90 Å². The number of unbranched alkanes of at least 4 members (excludes halogenated alkanes) is 1. The predicted molar refractivity (Wildman–Crippen MR) is 136 cm³/mol. The summed E-state index contributed by atoms with van der Waals surface area (Å²) in [5.41, 5.74) is 4.68. The summed E-state index contributed by atoms with van der Waals surface area (Å²) < 4.78 is 0. The van der Waals surface area contributed by atoms with E-state index in [0.717, 1.165) is 36.8 Å². The molecule has 5 nitrogen and oxygen atoms in total. The number of nitrogens with zero attached hydrogens (tertiary/aromatic N) is 3. The molecule has 0 aliphatic carbocycles. The molecule has 2 heterocycles. The Morgan fingerprint density at radius 3 is 2.12 bits per heavy atom. The molecule has 0 atom stereocenters. The first kappa shape index (κ1) is 23.4. The van der Waals surface area contributed by atoms with Crippen molar-refractivity contribution < 1.29 is 9.59 Å².